The van der Waals surface area contributed by atoms with Crippen molar-refractivity contribution in [1.29, 1.82) is 0 Å². The Balaban J connectivity index is 2.39. The van der Waals surface area contributed by atoms with Gasteiger partial charge in [-0.25, -0.2) is 0 Å². The van der Waals surface area contributed by atoms with Crippen LogP contribution in [0.3, 0.4) is 0 Å². The summed E-state index contributed by atoms with van der Waals surface area (Å²) >= 11 is 0. The second kappa shape index (κ2) is 3.19. The summed E-state index contributed by atoms with van der Waals surface area (Å²) in [4.78, 5) is 0. The first kappa shape index (κ1) is 8.49. The molecule has 0 aromatic heterocycles. The summed E-state index contributed by atoms with van der Waals surface area (Å²) in [5.41, 5.74) is 0. The molecule has 1 aliphatic heterocycles. The number of nitrogens with one attached hydrogen (secondary N) is 1. The summed E-state index contributed by atoms with van der Waals surface area (Å²) in [5.74, 6) is 0.890. The molecule has 1 heterocycles. The summed E-state index contributed by atoms with van der Waals surface area (Å²) in [6.07, 6.45) is 4.26. The molecule has 1 unspecified atom stereocenters. The van der Waals surface area contributed by atoms with Crippen molar-refractivity contribution in [2.24, 2.45) is 0 Å². The Labute approximate surface area is 64.9 Å². The topological polar surface area (TPSA) is 12.0 Å². The molecule has 10 heavy (non-hydrogen) atoms. The fourth-order valence-corrected chi connectivity index (χ4v) is 3.42. The number of rotatable bonds is 1. The summed E-state index contributed by atoms with van der Waals surface area (Å²) in [6.45, 7) is 8.62. The Morgan fingerprint density at radius 3 is 2.20 bits per heavy atom. The Hall–Kier alpha value is 0.390. The molecular formula is C8H20NP. The SMILES string of the molecule is C[PH](C)(C)C1CCCCN1. The number of hydrogen-bond donors (Lipinski definition) is 1. The monoisotopic (exact) mass is 161 g/mol. The molecule has 0 aliphatic carbocycles. The van der Waals surface area contributed by atoms with Crippen molar-refractivity contribution in [3.8, 4) is 0 Å². The summed E-state index contributed by atoms with van der Waals surface area (Å²) < 4.78 is 0. The van der Waals surface area contributed by atoms with Gasteiger partial charge in [-0.3, -0.25) is 0 Å². The van der Waals surface area contributed by atoms with Gasteiger partial charge < -0.3 is 0 Å². The van der Waals surface area contributed by atoms with Crippen LogP contribution in [0.25, 0.3) is 0 Å². The fraction of sp³-hybridized carbons (Fsp3) is 1.00. The molecule has 1 atom stereocenters. The molecule has 1 nitrogen and oxygen atoms in total. The normalized spacial score (nSPS) is 30.1. The van der Waals surface area contributed by atoms with Crippen molar-refractivity contribution in [3.63, 3.8) is 0 Å². The average Bonchev–Trinajstić information content (AvgIpc) is 1.88. The molecule has 2 heteroatoms. The van der Waals surface area contributed by atoms with Gasteiger partial charge in [-0.1, -0.05) is 0 Å². The van der Waals surface area contributed by atoms with Crippen LogP contribution >= 0.6 is 7.26 Å². The van der Waals surface area contributed by atoms with Gasteiger partial charge in [0, 0.05) is 0 Å². The zero-order valence-electron chi connectivity index (χ0n) is 7.41. The zero-order valence-corrected chi connectivity index (χ0v) is 8.41. The van der Waals surface area contributed by atoms with Gasteiger partial charge in [0.05, 0.1) is 0 Å². The van der Waals surface area contributed by atoms with E-state index in [0.29, 0.717) is 0 Å². The molecule has 0 aromatic rings. The van der Waals surface area contributed by atoms with Crippen molar-refractivity contribution in [1.82, 2.24) is 5.32 Å². The molecule has 1 aliphatic rings. The second-order valence-electron chi connectivity index (χ2n) is 4.37. The standard InChI is InChI=1S/C8H20NP/c1-10(2,3)8-6-4-5-7-9-8/h8-10H,4-7H2,1-3H3. The third-order valence-electron chi connectivity index (χ3n) is 2.36. The van der Waals surface area contributed by atoms with Crippen molar-refractivity contribution >= 4 is 7.26 Å². The van der Waals surface area contributed by atoms with Crippen LogP contribution < -0.4 is 5.32 Å². The Kier molecular flexibility index (Phi) is 2.71. The van der Waals surface area contributed by atoms with Gasteiger partial charge in [-0.05, 0) is 0 Å². The van der Waals surface area contributed by atoms with E-state index >= 15 is 0 Å². The van der Waals surface area contributed by atoms with E-state index in [1.54, 1.807) is 0 Å². The van der Waals surface area contributed by atoms with Crippen molar-refractivity contribution < 1.29 is 0 Å². The predicted octanol–water partition coefficient (Wildman–Crippen LogP) is 1.73. The van der Waals surface area contributed by atoms with E-state index in [9.17, 15) is 0 Å². The Morgan fingerprint density at radius 2 is 1.90 bits per heavy atom. The van der Waals surface area contributed by atoms with Gasteiger partial charge in [0.15, 0.2) is 0 Å². The maximum atomic E-state index is 3.62. The number of hydrogen-bond acceptors (Lipinski definition) is 1. The van der Waals surface area contributed by atoms with Gasteiger partial charge in [-0.15, -0.1) is 0 Å². The molecule has 1 rings (SSSR count). The van der Waals surface area contributed by atoms with Crippen LogP contribution in [0, 0.1) is 0 Å². The van der Waals surface area contributed by atoms with Crippen LogP contribution in [0.2, 0.25) is 0 Å². The summed E-state index contributed by atoms with van der Waals surface area (Å²) in [6, 6.07) is 0. The molecule has 0 aromatic carbocycles. The molecule has 62 valence electrons. The minimum atomic E-state index is -0.867. The van der Waals surface area contributed by atoms with E-state index in [0.717, 1.165) is 5.78 Å². The van der Waals surface area contributed by atoms with E-state index in [1.807, 2.05) is 0 Å². The van der Waals surface area contributed by atoms with Gasteiger partial charge in [0.25, 0.3) is 0 Å². The predicted molar refractivity (Wildman–Crippen MR) is 51.7 cm³/mol. The molecular weight excluding hydrogens is 141 g/mol. The van der Waals surface area contributed by atoms with Gasteiger partial charge in [-0.2, -0.15) is 0 Å². The van der Waals surface area contributed by atoms with Crippen LogP contribution in [0.1, 0.15) is 19.3 Å². The third-order valence-corrected chi connectivity index (χ3v) is 4.94. The van der Waals surface area contributed by atoms with E-state index in [4.69, 9.17) is 0 Å². The van der Waals surface area contributed by atoms with Crippen LogP contribution in [0.4, 0.5) is 0 Å². The van der Waals surface area contributed by atoms with Crippen LogP contribution in [0.5, 0.6) is 0 Å². The zero-order chi connectivity index (χ0) is 7.61. The minimum absolute atomic E-state index is 0.867. The van der Waals surface area contributed by atoms with Crippen LogP contribution in [0.15, 0.2) is 0 Å². The molecule has 0 saturated carbocycles. The molecule has 0 bridgehead atoms. The molecule has 0 amide bonds. The van der Waals surface area contributed by atoms with Gasteiger partial charge in [0.1, 0.15) is 0 Å². The van der Waals surface area contributed by atoms with Crippen molar-refractivity contribution in [2.45, 2.75) is 25.0 Å². The Morgan fingerprint density at radius 1 is 1.20 bits per heavy atom. The maximum absolute atomic E-state index is 3.62. The van der Waals surface area contributed by atoms with Crippen LogP contribution in [-0.4, -0.2) is 32.3 Å². The third kappa shape index (κ3) is 2.21. The summed E-state index contributed by atoms with van der Waals surface area (Å²) in [5, 5.41) is 3.62. The summed E-state index contributed by atoms with van der Waals surface area (Å²) in [7, 11) is -0.867. The fourth-order valence-electron chi connectivity index (χ4n) is 1.59. The molecule has 0 spiro atoms. The number of piperidine rings is 1. The first-order valence-corrected chi connectivity index (χ1v) is 7.92. The van der Waals surface area contributed by atoms with E-state index < -0.39 is 7.26 Å². The first-order chi connectivity index (χ1) is 4.61. The average molecular weight is 161 g/mol. The quantitative estimate of drug-likeness (QED) is 0.577. The van der Waals surface area contributed by atoms with E-state index in [1.165, 1.54) is 25.8 Å². The van der Waals surface area contributed by atoms with Gasteiger partial charge in [0.2, 0.25) is 0 Å². The Bertz CT molecular complexity index is 100. The van der Waals surface area contributed by atoms with Gasteiger partial charge >= 0.3 is 64.2 Å². The van der Waals surface area contributed by atoms with Crippen LogP contribution in [-0.2, 0) is 0 Å². The van der Waals surface area contributed by atoms with E-state index in [-0.39, 0.29) is 0 Å². The van der Waals surface area contributed by atoms with Crippen molar-refractivity contribution in [2.75, 3.05) is 26.5 Å². The second-order valence-corrected chi connectivity index (χ2v) is 9.80. The molecule has 1 N–H and O–H groups in total. The van der Waals surface area contributed by atoms with Crippen molar-refractivity contribution in [3.05, 3.63) is 0 Å². The molecule has 0 radical (unpaired) electrons. The molecule has 1 fully saturated rings. The first-order valence-electron chi connectivity index (χ1n) is 4.34. The molecule has 1 saturated heterocycles. The van der Waals surface area contributed by atoms with E-state index in [2.05, 4.69) is 25.3 Å².